The summed E-state index contributed by atoms with van der Waals surface area (Å²) in [4.78, 5) is 0. The van der Waals surface area contributed by atoms with Gasteiger partial charge in [-0.05, 0) is 32.6 Å². The van der Waals surface area contributed by atoms with E-state index in [4.69, 9.17) is 5.11 Å². The van der Waals surface area contributed by atoms with E-state index in [0.29, 0.717) is 24.6 Å². The van der Waals surface area contributed by atoms with Crippen LogP contribution in [0.15, 0.2) is 0 Å². The molecular formula is C8H17NO. The van der Waals surface area contributed by atoms with Gasteiger partial charge >= 0.3 is 0 Å². The second kappa shape index (κ2) is 3.35. The average molecular weight is 143 g/mol. The van der Waals surface area contributed by atoms with Crippen LogP contribution in [0.5, 0.6) is 0 Å². The minimum Gasteiger partial charge on any atom is -0.396 e. The Morgan fingerprint density at radius 3 is 2.20 bits per heavy atom. The fourth-order valence-electron chi connectivity index (χ4n) is 1.87. The third kappa shape index (κ3) is 1.96. The standard InChI is InChI=1S/C8H17NO/c1-6-3-8(5-10)4-7(2)9-6/h6-10H,3-5H2,1-2H3/t6-,7+,8+. The fraction of sp³-hybridized carbons (Fsp3) is 1.00. The topological polar surface area (TPSA) is 32.3 Å². The highest BCUT2D eigenvalue weighted by Gasteiger charge is 2.21. The molecule has 1 heterocycles. The lowest BCUT2D eigenvalue weighted by Crippen LogP contribution is -2.43. The van der Waals surface area contributed by atoms with Crippen molar-refractivity contribution in [1.29, 1.82) is 0 Å². The molecule has 10 heavy (non-hydrogen) atoms. The minimum absolute atomic E-state index is 0.358. The number of hydrogen-bond donors (Lipinski definition) is 2. The summed E-state index contributed by atoms with van der Waals surface area (Å²) in [6.07, 6.45) is 2.25. The van der Waals surface area contributed by atoms with Crippen LogP contribution >= 0.6 is 0 Å². The van der Waals surface area contributed by atoms with Gasteiger partial charge in [0.15, 0.2) is 0 Å². The molecule has 2 heteroatoms. The van der Waals surface area contributed by atoms with Crippen molar-refractivity contribution in [3.8, 4) is 0 Å². The molecule has 0 aromatic carbocycles. The molecule has 1 saturated heterocycles. The van der Waals surface area contributed by atoms with Crippen molar-refractivity contribution in [3.63, 3.8) is 0 Å². The van der Waals surface area contributed by atoms with E-state index in [1.807, 2.05) is 0 Å². The average Bonchev–Trinajstić information content (AvgIpc) is 1.85. The van der Waals surface area contributed by atoms with Crippen molar-refractivity contribution in [2.45, 2.75) is 38.8 Å². The molecule has 60 valence electrons. The summed E-state index contributed by atoms with van der Waals surface area (Å²) in [5, 5.41) is 12.3. The Labute approximate surface area is 62.6 Å². The highest BCUT2D eigenvalue weighted by molar-refractivity contribution is 4.79. The molecule has 2 N–H and O–H groups in total. The third-order valence-electron chi connectivity index (χ3n) is 2.20. The maximum absolute atomic E-state index is 8.90. The zero-order chi connectivity index (χ0) is 7.56. The monoisotopic (exact) mass is 143 g/mol. The molecular weight excluding hydrogens is 126 g/mol. The van der Waals surface area contributed by atoms with Crippen LogP contribution in [-0.2, 0) is 0 Å². The molecule has 1 aliphatic heterocycles. The van der Waals surface area contributed by atoms with Crippen LogP contribution in [0.1, 0.15) is 26.7 Å². The molecule has 0 saturated carbocycles. The Kier molecular flexibility index (Phi) is 2.69. The molecule has 0 aliphatic carbocycles. The van der Waals surface area contributed by atoms with Gasteiger partial charge in [-0.15, -0.1) is 0 Å². The van der Waals surface area contributed by atoms with E-state index in [1.165, 1.54) is 0 Å². The minimum atomic E-state index is 0.358. The fourth-order valence-corrected chi connectivity index (χ4v) is 1.87. The molecule has 1 fully saturated rings. The lowest BCUT2D eigenvalue weighted by Gasteiger charge is -2.31. The van der Waals surface area contributed by atoms with Crippen LogP contribution in [-0.4, -0.2) is 23.8 Å². The van der Waals surface area contributed by atoms with Crippen LogP contribution in [0.25, 0.3) is 0 Å². The Hall–Kier alpha value is -0.0800. The van der Waals surface area contributed by atoms with Gasteiger partial charge < -0.3 is 10.4 Å². The van der Waals surface area contributed by atoms with Gasteiger partial charge in [-0.3, -0.25) is 0 Å². The lowest BCUT2D eigenvalue weighted by atomic mass is 9.90. The number of piperidine rings is 1. The molecule has 2 nitrogen and oxygen atoms in total. The summed E-state index contributed by atoms with van der Waals surface area (Å²) < 4.78 is 0. The molecule has 0 aromatic rings. The second-order valence-corrected chi connectivity index (χ2v) is 3.49. The van der Waals surface area contributed by atoms with Gasteiger partial charge in [-0.2, -0.15) is 0 Å². The van der Waals surface area contributed by atoms with E-state index >= 15 is 0 Å². The van der Waals surface area contributed by atoms with E-state index in [9.17, 15) is 0 Å². The first-order valence-corrected chi connectivity index (χ1v) is 4.09. The van der Waals surface area contributed by atoms with Crippen LogP contribution in [0.2, 0.25) is 0 Å². The van der Waals surface area contributed by atoms with Crippen molar-refractivity contribution in [3.05, 3.63) is 0 Å². The third-order valence-corrected chi connectivity index (χ3v) is 2.20. The van der Waals surface area contributed by atoms with Crippen LogP contribution in [0.3, 0.4) is 0 Å². The summed E-state index contributed by atoms with van der Waals surface area (Å²) in [6.45, 7) is 4.72. The van der Waals surface area contributed by atoms with Crippen molar-refractivity contribution in [2.75, 3.05) is 6.61 Å². The lowest BCUT2D eigenvalue weighted by molar-refractivity contribution is 0.160. The van der Waals surface area contributed by atoms with Gasteiger partial charge in [0.2, 0.25) is 0 Å². The van der Waals surface area contributed by atoms with Gasteiger partial charge in [0.25, 0.3) is 0 Å². The van der Waals surface area contributed by atoms with Crippen molar-refractivity contribution in [2.24, 2.45) is 5.92 Å². The van der Waals surface area contributed by atoms with E-state index in [-0.39, 0.29) is 0 Å². The van der Waals surface area contributed by atoms with E-state index in [1.54, 1.807) is 0 Å². The van der Waals surface area contributed by atoms with Gasteiger partial charge in [0.05, 0.1) is 0 Å². The summed E-state index contributed by atoms with van der Waals surface area (Å²) in [6, 6.07) is 1.17. The Bertz CT molecular complexity index is 95.4. The molecule has 0 aromatic heterocycles. The first kappa shape index (κ1) is 8.02. The normalized spacial score (nSPS) is 41.7. The number of aliphatic hydroxyl groups is 1. The van der Waals surface area contributed by atoms with E-state index < -0.39 is 0 Å². The number of nitrogens with one attached hydrogen (secondary N) is 1. The van der Waals surface area contributed by atoms with Crippen molar-refractivity contribution in [1.82, 2.24) is 5.32 Å². The Morgan fingerprint density at radius 1 is 1.30 bits per heavy atom. The zero-order valence-electron chi connectivity index (χ0n) is 6.80. The summed E-state index contributed by atoms with van der Waals surface area (Å²) in [5.74, 6) is 0.534. The summed E-state index contributed by atoms with van der Waals surface area (Å²) >= 11 is 0. The Balaban J connectivity index is 2.35. The Morgan fingerprint density at radius 2 is 1.80 bits per heavy atom. The highest BCUT2D eigenvalue weighted by Crippen LogP contribution is 2.18. The number of hydrogen-bond acceptors (Lipinski definition) is 2. The molecule has 0 bridgehead atoms. The van der Waals surface area contributed by atoms with Crippen LogP contribution in [0, 0.1) is 5.92 Å². The molecule has 0 radical (unpaired) electrons. The van der Waals surface area contributed by atoms with E-state index in [2.05, 4.69) is 19.2 Å². The van der Waals surface area contributed by atoms with Gasteiger partial charge in [0, 0.05) is 18.7 Å². The molecule has 0 unspecified atom stereocenters. The smallest absolute Gasteiger partial charge is 0.0460 e. The SMILES string of the molecule is C[C@@H]1C[C@H](CO)C[C@H](C)N1. The van der Waals surface area contributed by atoms with Crippen LogP contribution in [0.4, 0.5) is 0 Å². The quantitative estimate of drug-likeness (QED) is 0.568. The first-order chi connectivity index (χ1) is 4.72. The van der Waals surface area contributed by atoms with Crippen LogP contribution < -0.4 is 5.32 Å². The molecule has 3 atom stereocenters. The van der Waals surface area contributed by atoms with Gasteiger partial charge in [-0.25, -0.2) is 0 Å². The summed E-state index contributed by atoms with van der Waals surface area (Å²) in [5.41, 5.74) is 0. The van der Waals surface area contributed by atoms with Crippen molar-refractivity contribution >= 4 is 0 Å². The van der Waals surface area contributed by atoms with E-state index in [0.717, 1.165) is 12.8 Å². The van der Waals surface area contributed by atoms with Crippen molar-refractivity contribution < 1.29 is 5.11 Å². The number of aliphatic hydroxyl groups excluding tert-OH is 1. The number of rotatable bonds is 1. The largest absolute Gasteiger partial charge is 0.396 e. The molecule has 1 rings (SSSR count). The van der Waals surface area contributed by atoms with Gasteiger partial charge in [0.1, 0.15) is 0 Å². The predicted octanol–water partition coefficient (Wildman–Crippen LogP) is 0.755. The zero-order valence-corrected chi connectivity index (χ0v) is 6.80. The second-order valence-electron chi connectivity index (χ2n) is 3.49. The maximum Gasteiger partial charge on any atom is 0.0460 e. The molecule has 0 amide bonds. The summed E-state index contributed by atoms with van der Waals surface area (Å²) in [7, 11) is 0. The molecule has 0 spiro atoms. The molecule has 1 aliphatic rings. The predicted molar refractivity (Wildman–Crippen MR) is 41.9 cm³/mol. The van der Waals surface area contributed by atoms with Gasteiger partial charge in [-0.1, -0.05) is 0 Å². The first-order valence-electron chi connectivity index (χ1n) is 4.09. The maximum atomic E-state index is 8.90. The highest BCUT2D eigenvalue weighted by atomic mass is 16.3.